The van der Waals surface area contributed by atoms with Crippen molar-refractivity contribution in [2.24, 2.45) is 11.8 Å². The van der Waals surface area contributed by atoms with Gasteiger partial charge in [-0.1, -0.05) is 42.1 Å². The average Bonchev–Trinajstić information content (AvgIpc) is 3.33. The van der Waals surface area contributed by atoms with Gasteiger partial charge in [-0.15, -0.1) is 5.10 Å². The van der Waals surface area contributed by atoms with Crippen LogP contribution in [0.1, 0.15) is 30.9 Å². The molecule has 1 fully saturated rings. The van der Waals surface area contributed by atoms with Crippen LogP contribution >= 0.6 is 11.8 Å². The number of carbonyl (C=O) groups excluding carboxylic acids is 1. The van der Waals surface area contributed by atoms with Crippen LogP contribution in [-0.2, 0) is 11.2 Å². The van der Waals surface area contributed by atoms with E-state index in [9.17, 15) is 4.79 Å². The summed E-state index contributed by atoms with van der Waals surface area (Å²) >= 11 is 1.49. The number of hydrogen-bond donors (Lipinski definition) is 1. The highest BCUT2D eigenvalue weighted by molar-refractivity contribution is 8.00. The molecule has 2 aliphatic carbocycles. The number of anilines is 1. The fourth-order valence-corrected chi connectivity index (χ4v) is 5.25. The molecule has 1 saturated carbocycles. The highest BCUT2D eigenvalue weighted by atomic mass is 32.2. The van der Waals surface area contributed by atoms with Crippen molar-refractivity contribution in [1.29, 1.82) is 0 Å². The first-order chi connectivity index (χ1) is 12.3. The van der Waals surface area contributed by atoms with Crippen molar-refractivity contribution in [2.75, 3.05) is 5.32 Å². The van der Waals surface area contributed by atoms with Crippen molar-refractivity contribution < 1.29 is 4.79 Å². The van der Waals surface area contributed by atoms with E-state index in [2.05, 4.69) is 39.1 Å². The first kappa shape index (κ1) is 15.1. The average molecular weight is 353 g/mol. The summed E-state index contributed by atoms with van der Waals surface area (Å²) in [6, 6.07) is 8.34. The van der Waals surface area contributed by atoms with Crippen LogP contribution in [0.4, 0.5) is 5.69 Å². The van der Waals surface area contributed by atoms with E-state index < -0.39 is 0 Å². The number of thioether (sulfide) groups is 1. The first-order valence-corrected chi connectivity index (χ1v) is 9.67. The van der Waals surface area contributed by atoms with Crippen molar-refractivity contribution in [3.05, 3.63) is 42.0 Å². The van der Waals surface area contributed by atoms with Crippen LogP contribution in [0.5, 0.6) is 0 Å². The number of amides is 1. The van der Waals surface area contributed by atoms with Gasteiger partial charge in [0.15, 0.2) is 0 Å². The normalized spacial score (nSPS) is 30.2. The number of tetrazole rings is 1. The summed E-state index contributed by atoms with van der Waals surface area (Å²) in [4.78, 5) is 12.6. The van der Waals surface area contributed by atoms with Gasteiger partial charge in [-0.05, 0) is 59.6 Å². The Labute approximate surface area is 150 Å². The predicted octanol–water partition coefficient (Wildman–Crippen LogP) is 2.86. The summed E-state index contributed by atoms with van der Waals surface area (Å²) in [7, 11) is 0. The lowest BCUT2D eigenvalue weighted by Crippen LogP contribution is -2.25. The molecule has 1 aromatic heterocycles. The van der Waals surface area contributed by atoms with Crippen LogP contribution in [-0.4, -0.2) is 31.4 Å². The van der Waals surface area contributed by atoms with Crippen LogP contribution < -0.4 is 5.32 Å². The summed E-state index contributed by atoms with van der Waals surface area (Å²) in [5, 5.41) is 16.0. The second kappa shape index (κ2) is 5.98. The molecule has 4 atom stereocenters. The van der Waals surface area contributed by atoms with E-state index in [4.69, 9.17) is 0 Å². The van der Waals surface area contributed by atoms with Crippen LogP contribution in [0.2, 0.25) is 0 Å². The standard InChI is InChI=1S/C18H19N5OS/c24-17-16(8-7-12-3-1-2-4-14(12)19-17)25-18-20-21-22-23(18)15-10-11-5-6-13(15)9-11/h1-6,11,13,15-16H,7-10H2,(H,19,24)/t11-,13+,15+,16-/m1/s1. The molecule has 0 spiro atoms. The molecule has 3 aliphatic rings. The lowest BCUT2D eigenvalue weighted by Gasteiger charge is -2.20. The van der Waals surface area contributed by atoms with Gasteiger partial charge in [-0.3, -0.25) is 4.79 Å². The Bertz CT molecular complexity index is 847. The summed E-state index contributed by atoms with van der Waals surface area (Å²) in [6.45, 7) is 0. The number of para-hydroxylation sites is 1. The monoisotopic (exact) mass is 353 g/mol. The van der Waals surface area contributed by atoms with Gasteiger partial charge >= 0.3 is 0 Å². The number of aryl methyl sites for hydroxylation is 1. The molecule has 6 nitrogen and oxygen atoms in total. The number of carbonyl (C=O) groups is 1. The van der Waals surface area contributed by atoms with Crippen molar-refractivity contribution in [3.63, 3.8) is 0 Å². The van der Waals surface area contributed by atoms with Crippen molar-refractivity contribution in [3.8, 4) is 0 Å². The molecule has 2 bridgehead atoms. The second-order valence-electron chi connectivity index (χ2n) is 7.05. The van der Waals surface area contributed by atoms with E-state index in [0.29, 0.717) is 17.9 Å². The molecule has 5 rings (SSSR count). The zero-order valence-electron chi connectivity index (χ0n) is 13.7. The summed E-state index contributed by atoms with van der Waals surface area (Å²) in [5.41, 5.74) is 2.12. The highest BCUT2D eigenvalue weighted by Crippen LogP contribution is 2.47. The molecule has 0 saturated heterocycles. The molecule has 2 aromatic rings. The molecule has 2 heterocycles. The molecule has 0 unspecified atom stereocenters. The summed E-state index contributed by atoms with van der Waals surface area (Å²) in [5.74, 6) is 1.23. The quantitative estimate of drug-likeness (QED) is 0.859. The van der Waals surface area contributed by atoms with E-state index in [0.717, 1.165) is 30.1 Å². The molecule has 0 radical (unpaired) electrons. The minimum atomic E-state index is -0.175. The van der Waals surface area contributed by atoms with Gasteiger partial charge in [0.1, 0.15) is 0 Å². The fraction of sp³-hybridized carbons (Fsp3) is 0.444. The summed E-state index contributed by atoms with van der Waals surface area (Å²) in [6.07, 6.45) is 8.58. The zero-order valence-corrected chi connectivity index (χ0v) is 14.5. The van der Waals surface area contributed by atoms with Gasteiger partial charge in [0.2, 0.25) is 11.1 Å². The zero-order chi connectivity index (χ0) is 16.8. The molecular formula is C18H19N5OS. The van der Waals surface area contributed by atoms with Crippen molar-refractivity contribution in [1.82, 2.24) is 20.2 Å². The number of benzene rings is 1. The smallest absolute Gasteiger partial charge is 0.237 e. The number of rotatable bonds is 3. The SMILES string of the molecule is O=C1Nc2ccccc2CC[C@H]1Sc1nnnn1[C@H]1C[C@@H]2C=C[C@H]1C2. The van der Waals surface area contributed by atoms with Crippen LogP contribution in [0.3, 0.4) is 0 Å². The van der Waals surface area contributed by atoms with Gasteiger partial charge in [-0.2, -0.15) is 0 Å². The third-order valence-electron chi connectivity index (χ3n) is 5.51. The van der Waals surface area contributed by atoms with Gasteiger partial charge < -0.3 is 5.32 Å². The van der Waals surface area contributed by atoms with E-state index in [-0.39, 0.29) is 11.2 Å². The third-order valence-corrected chi connectivity index (χ3v) is 6.73. The minimum Gasteiger partial charge on any atom is -0.325 e. The number of aromatic nitrogens is 4. The lowest BCUT2D eigenvalue weighted by molar-refractivity contribution is -0.115. The Balaban J connectivity index is 1.36. The maximum Gasteiger partial charge on any atom is 0.237 e. The molecule has 1 aromatic carbocycles. The van der Waals surface area contributed by atoms with Gasteiger partial charge in [0.25, 0.3) is 0 Å². The molecule has 128 valence electrons. The second-order valence-corrected chi connectivity index (χ2v) is 8.22. The lowest BCUT2D eigenvalue weighted by atomic mass is 10.0. The maximum atomic E-state index is 12.6. The van der Waals surface area contributed by atoms with Gasteiger partial charge in [0.05, 0.1) is 11.3 Å². The molecule has 7 heteroatoms. The molecule has 1 aliphatic heterocycles. The number of fused-ring (bicyclic) bond motifs is 3. The van der Waals surface area contributed by atoms with Crippen molar-refractivity contribution >= 4 is 23.4 Å². The Morgan fingerprint density at radius 3 is 2.96 bits per heavy atom. The van der Waals surface area contributed by atoms with Gasteiger partial charge in [-0.25, -0.2) is 4.68 Å². The number of allylic oxidation sites excluding steroid dienone is 2. The van der Waals surface area contributed by atoms with Crippen LogP contribution in [0, 0.1) is 11.8 Å². The van der Waals surface area contributed by atoms with E-state index >= 15 is 0 Å². The number of nitrogens with one attached hydrogen (secondary N) is 1. The van der Waals surface area contributed by atoms with E-state index in [1.807, 2.05) is 22.9 Å². The topological polar surface area (TPSA) is 72.7 Å². The Morgan fingerprint density at radius 1 is 1.20 bits per heavy atom. The first-order valence-electron chi connectivity index (χ1n) is 8.79. The molecule has 1 N–H and O–H groups in total. The molecule has 1 amide bonds. The highest BCUT2D eigenvalue weighted by Gasteiger charge is 2.39. The Morgan fingerprint density at radius 2 is 2.12 bits per heavy atom. The minimum absolute atomic E-state index is 0.0392. The fourth-order valence-electron chi connectivity index (χ4n) is 4.23. The van der Waals surface area contributed by atoms with Crippen LogP contribution in [0.25, 0.3) is 0 Å². The van der Waals surface area contributed by atoms with Gasteiger partial charge in [0, 0.05) is 5.69 Å². The Kier molecular flexibility index (Phi) is 3.62. The molecular weight excluding hydrogens is 334 g/mol. The maximum absolute atomic E-state index is 12.6. The van der Waals surface area contributed by atoms with Crippen LogP contribution in [0.15, 0.2) is 41.6 Å². The van der Waals surface area contributed by atoms with E-state index in [1.165, 1.54) is 23.7 Å². The summed E-state index contributed by atoms with van der Waals surface area (Å²) < 4.78 is 1.95. The number of hydrogen-bond acceptors (Lipinski definition) is 5. The Hall–Kier alpha value is -2.15. The molecule has 25 heavy (non-hydrogen) atoms. The number of nitrogens with zero attached hydrogens (tertiary/aromatic N) is 4. The largest absolute Gasteiger partial charge is 0.325 e. The third kappa shape index (κ3) is 2.66. The van der Waals surface area contributed by atoms with E-state index in [1.54, 1.807) is 0 Å². The predicted molar refractivity (Wildman–Crippen MR) is 95.2 cm³/mol. The van der Waals surface area contributed by atoms with Crippen molar-refractivity contribution in [2.45, 2.75) is 42.1 Å².